The van der Waals surface area contributed by atoms with E-state index in [2.05, 4.69) is 26.3 Å². The van der Waals surface area contributed by atoms with Gasteiger partial charge in [-0.2, -0.15) is 5.10 Å². The molecule has 0 fully saturated rings. The lowest BCUT2D eigenvalue weighted by molar-refractivity contribution is 0.102. The summed E-state index contributed by atoms with van der Waals surface area (Å²) in [6.45, 7) is 0. The molecule has 0 spiro atoms. The molecule has 4 aromatic rings. The first-order valence-corrected chi connectivity index (χ1v) is 9.74. The molecule has 0 radical (unpaired) electrons. The van der Waals surface area contributed by atoms with Gasteiger partial charge < -0.3 is 5.32 Å². The third kappa shape index (κ3) is 4.16. The number of halogens is 2. The number of carbonyl (C=O) groups excluding carboxylic acids is 1. The molecule has 0 saturated carbocycles. The van der Waals surface area contributed by atoms with Gasteiger partial charge in [0.1, 0.15) is 0 Å². The largest absolute Gasteiger partial charge is 0.322 e. The molecule has 138 valence electrons. The van der Waals surface area contributed by atoms with Crippen LogP contribution in [0.15, 0.2) is 89.5 Å². The van der Waals surface area contributed by atoms with E-state index in [1.54, 1.807) is 16.8 Å². The van der Waals surface area contributed by atoms with E-state index in [1.165, 1.54) is 0 Å². The number of benzene rings is 3. The second-order valence-electron chi connectivity index (χ2n) is 6.16. The highest BCUT2D eigenvalue weighted by atomic mass is 79.9. The van der Waals surface area contributed by atoms with Crippen molar-refractivity contribution in [2.45, 2.75) is 0 Å². The lowest BCUT2D eigenvalue weighted by Crippen LogP contribution is -2.11. The summed E-state index contributed by atoms with van der Waals surface area (Å²) < 4.78 is 2.74. The number of nitrogens with one attached hydrogen (secondary N) is 1. The number of aromatic nitrogens is 2. The van der Waals surface area contributed by atoms with Crippen LogP contribution < -0.4 is 5.32 Å². The molecule has 1 aromatic heterocycles. The van der Waals surface area contributed by atoms with Crippen LogP contribution in [0, 0.1) is 0 Å². The standard InChI is InChI=1S/C22H15BrClN3O/c23-17-5-9-19(10-6-17)25-22(28)16-3-11-20(12-4-16)27-14-13-21(26-27)15-1-7-18(24)8-2-15/h1-14H,(H,25,28). The van der Waals surface area contributed by atoms with Crippen LogP contribution in [0.2, 0.25) is 5.02 Å². The number of nitrogens with zero attached hydrogens (tertiary/aromatic N) is 2. The van der Waals surface area contributed by atoms with E-state index in [0.29, 0.717) is 10.6 Å². The van der Waals surface area contributed by atoms with Crippen LogP contribution in [0.25, 0.3) is 16.9 Å². The maximum atomic E-state index is 12.4. The number of hydrogen-bond donors (Lipinski definition) is 1. The molecule has 1 amide bonds. The molecular formula is C22H15BrClN3O. The second-order valence-corrected chi connectivity index (χ2v) is 7.51. The summed E-state index contributed by atoms with van der Waals surface area (Å²) in [5.41, 5.74) is 4.05. The van der Waals surface area contributed by atoms with Crippen LogP contribution in [0.4, 0.5) is 5.69 Å². The summed E-state index contributed by atoms with van der Waals surface area (Å²) in [5, 5.41) is 8.18. The molecule has 0 unspecified atom stereocenters. The Kier molecular flexibility index (Phi) is 5.28. The van der Waals surface area contributed by atoms with Crippen molar-refractivity contribution in [2.75, 3.05) is 5.32 Å². The fourth-order valence-corrected chi connectivity index (χ4v) is 3.13. The monoisotopic (exact) mass is 451 g/mol. The van der Waals surface area contributed by atoms with Crippen LogP contribution in [0.5, 0.6) is 0 Å². The summed E-state index contributed by atoms with van der Waals surface area (Å²) in [7, 11) is 0. The minimum absolute atomic E-state index is 0.156. The fourth-order valence-electron chi connectivity index (χ4n) is 2.74. The van der Waals surface area contributed by atoms with Gasteiger partial charge in [0.15, 0.2) is 0 Å². The Morgan fingerprint density at radius 3 is 2.25 bits per heavy atom. The Morgan fingerprint density at radius 1 is 0.893 bits per heavy atom. The zero-order valence-corrected chi connectivity index (χ0v) is 17.0. The van der Waals surface area contributed by atoms with E-state index in [9.17, 15) is 4.79 Å². The number of carbonyl (C=O) groups is 1. The second kappa shape index (κ2) is 8.00. The molecule has 0 aliphatic carbocycles. The predicted octanol–water partition coefficient (Wildman–Crippen LogP) is 6.21. The summed E-state index contributed by atoms with van der Waals surface area (Å²) in [6.07, 6.45) is 1.89. The first-order valence-electron chi connectivity index (χ1n) is 8.57. The highest BCUT2D eigenvalue weighted by Crippen LogP contribution is 2.21. The number of anilines is 1. The highest BCUT2D eigenvalue weighted by molar-refractivity contribution is 9.10. The van der Waals surface area contributed by atoms with Crippen LogP contribution in [0.3, 0.4) is 0 Å². The van der Waals surface area contributed by atoms with E-state index in [4.69, 9.17) is 11.6 Å². The molecule has 0 saturated heterocycles. The van der Waals surface area contributed by atoms with Crippen molar-refractivity contribution < 1.29 is 4.79 Å². The molecule has 0 atom stereocenters. The summed E-state index contributed by atoms with van der Waals surface area (Å²) in [6, 6.07) is 24.3. The molecule has 0 aliphatic heterocycles. The van der Waals surface area contributed by atoms with Gasteiger partial charge in [-0.3, -0.25) is 4.79 Å². The first-order chi connectivity index (χ1) is 13.6. The van der Waals surface area contributed by atoms with Gasteiger partial charge in [0.05, 0.1) is 11.4 Å². The van der Waals surface area contributed by atoms with E-state index in [0.717, 1.165) is 27.1 Å². The molecule has 6 heteroatoms. The zero-order chi connectivity index (χ0) is 19.5. The Labute approximate surface area is 175 Å². The van der Waals surface area contributed by atoms with Gasteiger partial charge >= 0.3 is 0 Å². The maximum absolute atomic E-state index is 12.4. The van der Waals surface area contributed by atoms with Crippen molar-refractivity contribution in [3.05, 3.63) is 100 Å². The van der Waals surface area contributed by atoms with E-state index < -0.39 is 0 Å². The van der Waals surface area contributed by atoms with Crippen LogP contribution in [0.1, 0.15) is 10.4 Å². The number of hydrogen-bond acceptors (Lipinski definition) is 2. The average molecular weight is 453 g/mol. The Balaban J connectivity index is 1.49. The SMILES string of the molecule is O=C(Nc1ccc(Br)cc1)c1ccc(-n2ccc(-c3ccc(Cl)cc3)n2)cc1. The van der Waals surface area contributed by atoms with Crippen molar-refractivity contribution in [3.63, 3.8) is 0 Å². The zero-order valence-electron chi connectivity index (χ0n) is 14.6. The third-order valence-corrected chi connectivity index (χ3v) is 5.01. The molecule has 3 aromatic carbocycles. The normalized spacial score (nSPS) is 10.6. The molecule has 28 heavy (non-hydrogen) atoms. The van der Waals surface area contributed by atoms with Crippen molar-refractivity contribution in [1.29, 1.82) is 0 Å². The first kappa shape index (κ1) is 18.5. The molecule has 1 N–H and O–H groups in total. The van der Waals surface area contributed by atoms with Gasteiger partial charge in [-0.15, -0.1) is 0 Å². The van der Waals surface area contributed by atoms with Gasteiger partial charge in [-0.1, -0.05) is 39.7 Å². The van der Waals surface area contributed by atoms with Gasteiger partial charge in [-0.25, -0.2) is 4.68 Å². The minimum atomic E-state index is -0.156. The number of amides is 1. The van der Waals surface area contributed by atoms with E-state index in [1.807, 2.05) is 72.9 Å². The van der Waals surface area contributed by atoms with Crippen LogP contribution in [-0.2, 0) is 0 Å². The fraction of sp³-hybridized carbons (Fsp3) is 0. The van der Waals surface area contributed by atoms with Crippen molar-refractivity contribution in [3.8, 4) is 16.9 Å². The topological polar surface area (TPSA) is 46.9 Å². The van der Waals surface area contributed by atoms with Gasteiger partial charge in [0.25, 0.3) is 5.91 Å². The third-order valence-electron chi connectivity index (χ3n) is 4.23. The van der Waals surface area contributed by atoms with Crippen molar-refractivity contribution >= 4 is 39.1 Å². The minimum Gasteiger partial charge on any atom is -0.322 e. The van der Waals surface area contributed by atoms with Crippen molar-refractivity contribution in [2.24, 2.45) is 0 Å². The molecular weight excluding hydrogens is 438 g/mol. The Hall–Kier alpha value is -2.89. The Morgan fingerprint density at radius 2 is 1.57 bits per heavy atom. The molecule has 4 nitrogen and oxygen atoms in total. The van der Waals surface area contributed by atoms with Gasteiger partial charge in [-0.05, 0) is 66.7 Å². The summed E-state index contributed by atoms with van der Waals surface area (Å²) >= 11 is 9.32. The quantitative estimate of drug-likeness (QED) is 0.400. The summed E-state index contributed by atoms with van der Waals surface area (Å²) in [4.78, 5) is 12.4. The van der Waals surface area contributed by atoms with Crippen LogP contribution in [-0.4, -0.2) is 15.7 Å². The molecule has 0 aliphatic rings. The maximum Gasteiger partial charge on any atom is 0.255 e. The summed E-state index contributed by atoms with van der Waals surface area (Å²) in [5.74, 6) is -0.156. The number of rotatable bonds is 4. The van der Waals surface area contributed by atoms with Gasteiger partial charge in [0.2, 0.25) is 0 Å². The van der Waals surface area contributed by atoms with Crippen LogP contribution >= 0.6 is 27.5 Å². The Bertz CT molecular complexity index is 1100. The molecule has 0 bridgehead atoms. The molecule has 4 rings (SSSR count). The highest BCUT2D eigenvalue weighted by Gasteiger charge is 2.08. The van der Waals surface area contributed by atoms with E-state index >= 15 is 0 Å². The van der Waals surface area contributed by atoms with Crippen molar-refractivity contribution in [1.82, 2.24) is 9.78 Å². The smallest absolute Gasteiger partial charge is 0.255 e. The lowest BCUT2D eigenvalue weighted by Gasteiger charge is -2.07. The lowest BCUT2D eigenvalue weighted by atomic mass is 10.2. The molecule has 1 heterocycles. The van der Waals surface area contributed by atoms with E-state index in [-0.39, 0.29) is 5.91 Å². The van der Waals surface area contributed by atoms with Gasteiger partial charge in [0, 0.05) is 32.5 Å². The predicted molar refractivity (Wildman–Crippen MR) is 116 cm³/mol. The average Bonchev–Trinajstić information content (AvgIpc) is 3.20.